The van der Waals surface area contributed by atoms with Gasteiger partial charge in [0.05, 0.1) is 6.54 Å². The Morgan fingerprint density at radius 3 is 2.42 bits per heavy atom. The van der Waals surface area contributed by atoms with E-state index in [1.807, 2.05) is 38.1 Å². The van der Waals surface area contributed by atoms with Crippen molar-refractivity contribution in [1.82, 2.24) is 10.6 Å². The second kappa shape index (κ2) is 7.53. The topological polar surface area (TPSA) is 84.5 Å². The molecule has 0 spiro atoms. The van der Waals surface area contributed by atoms with Gasteiger partial charge >= 0.3 is 0 Å². The third-order valence-electron chi connectivity index (χ3n) is 4.44. The second-order valence-electron chi connectivity index (χ2n) is 6.47. The Morgan fingerprint density at radius 1 is 1.29 bits per heavy atom. The molecule has 2 N–H and O–H groups in total. The van der Waals surface area contributed by atoms with Crippen molar-refractivity contribution in [2.24, 2.45) is 0 Å². The first-order valence-electron chi connectivity index (χ1n) is 8.16. The second-order valence-corrected chi connectivity index (χ2v) is 8.79. The average molecular weight is 354 g/mol. The lowest BCUT2D eigenvalue weighted by atomic mass is 9.96. The van der Waals surface area contributed by atoms with Gasteiger partial charge in [-0.3, -0.25) is 4.79 Å². The molecule has 1 aromatic carbocycles. The Hall–Kier alpha value is -1.60. The van der Waals surface area contributed by atoms with Crippen LogP contribution >= 0.6 is 0 Å². The first-order valence-corrected chi connectivity index (χ1v) is 10.1. The van der Waals surface area contributed by atoms with E-state index in [1.165, 1.54) is 0 Å². The fraction of sp³-hybridized carbons (Fsp3) is 0.588. The van der Waals surface area contributed by atoms with Gasteiger partial charge in [0.2, 0.25) is 5.91 Å². The zero-order chi connectivity index (χ0) is 17.8. The van der Waals surface area contributed by atoms with Gasteiger partial charge in [0.25, 0.3) is 0 Å². The number of aryl methyl sites for hydroxylation is 1. The quantitative estimate of drug-likeness (QED) is 0.798. The third-order valence-corrected chi connectivity index (χ3v) is 6.46. The molecule has 1 amide bonds. The summed E-state index contributed by atoms with van der Waals surface area (Å²) in [5, 5.41) is 5.86. The summed E-state index contributed by atoms with van der Waals surface area (Å²) in [4.78, 5) is 12.6. The number of ether oxygens (including phenoxy) is 1. The van der Waals surface area contributed by atoms with Crippen LogP contribution < -0.4 is 15.4 Å². The standard InChI is InChI=1S/C17H26N2O4S/c1-13-4-6-15(7-5-13)23-14(2)12-19-16(20)17(24(3,21)22)8-10-18-11-9-17/h4-7,14,18H,8-12H2,1-3H3,(H,19,20). The average Bonchev–Trinajstić information content (AvgIpc) is 2.54. The first-order chi connectivity index (χ1) is 11.2. The van der Waals surface area contributed by atoms with Crippen LogP contribution in [0.15, 0.2) is 24.3 Å². The number of nitrogens with one attached hydrogen (secondary N) is 2. The summed E-state index contributed by atoms with van der Waals surface area (Å²) in [6.07, 6.45) is 1.48. The summed E-state index contributed by atoms with van der Waals surface area (Å²) in [7, 11) is -3.49. The fourth-order valence-corrected chi connectivity index (χ4v) is 4.24. The Labute approximate surface area is 143 Å². The van der Waals surface area contributed by atoms with Gasteiger partial charge in [0, 0.05) is 6.26 Å². The highest BCUT2D eigenvalue weighted by molar-refractivity contribution is 7.92. The normalized spacial score (nSPS) is 18.6. The Balaban J connectivity index is 1.96. The lowest BCUT2D eigenvalue weighted by molar-refractivity contribution is -0.124. The molecule has 1 aliphatic heterocycles. The number of rotatable bonds is 6. The molecule has 0 aromatic heterocycles. The lowest BCUT2D eigenvalue weighted by Crippen LogP contribution is -2.58. The van der Waals surface area contributed by atoms with Gasteiger partial charge in [-0.05, 0) is 51.9 Å². The Bertz CT molecular complexity index is 664. The van der Waals surface area contributed by atoms with Crippen LogP contribution in [0.25, 0.3) is 0 Å². The van der Waals surface area contributed by atoms with Crippen molar-refractivity contribution in [3.05, 3.63) is 29.8 Å². The van der Waals surface area contributed by atoms with E-state index in [0.717, 1.165) is 17.6 Å². The summed E-state index contributed by atoms with van der Waals surface area (Å²) < 4.78 is 28.8. The van der Waals surface area contributed by atoms with Crippen LogP contribution in [-0.2, 0) is 14.6 Å². The molecule has 24 heavy (non-hydrogen) atoms. The monoisotopic (exact) mass is 354 g/mol. The van der Waals surface area contributed by atoms with E-state index in [9.17, 15) is 13.2 Å². The minimum absolute atomic E-state index is 0.255. The fourth-order valence-electron chi connectivity index (χ4n) is 2.89. The highest BCUT2D eigenvalue weighted by Gasteiger charge is 2.48. The lowest BCUT2D eigenvalue weighted by Gasteiger charge is -2.34. The van der Waals surface area contributed by atoms with Crippen LogP contribution in [0, 0.1) is 6.92 Å². The van der Waals surface area contributed by atoms with E-state index in [2.05, 4.69) is 10.6 Å². The summed E-state index contributed by atoms with van der Waals surface area (Å²) in [5.41, 5.74) is 1.14. The maximum atomic E-state index is 12.6. The Morgan fingerprint density at radius 2 is 1.88 bits per heavy atom. The van der Waals surface area contributed by atoms with E-state index in [0.29, 0.717) is 25.9 Å². The van der Waals surface area contributed by atoms with Crippen molar-refractivity contribution in [3.8, 4) is 5.75 Å². The first kappa shape index (κ1) is 18.7. The van der Waals surface area contributed by atoms with Crippen LogP contribution in [0.3, 0.4) is 0 Å². The summed E-state index contributed by atoms with van der Waals surface area (Å²) in [5.74, 6) is 0.299. The molecule has 6 nitrogen and oxygen atoms in total. The molecule has 2 rings (SSSR count). The predicted octanol–water partition coefficient (Wildman–Crippen LogP) is 1.05. The summed E-state index contributed by atoms with van der Waals surface area (Å²) >= 11 is 0. The highest BCUT2D eigenvalue weighted by atomic mass is 32.2. The number of amides is 1. The van der Waals surface area contributed by atoms with Gasteiger partial charge in [-0.25, -0.2) is 8.42 Å². The molecule has 1 saturated heterocycles. The highest BCUT2D eigenvalue weighted by Crippen LogP contribution is 2.28. The smallest absolute Gasteiger partial charge is 0.241 e. The van der Waals surface area contributed by atoms with Crippen LogP contribution in [0.1, 0.15) is 25.3 Å². The molecule has 1 atom stereocenters. The molecule has 0 aliphatic carbocycles. The zero-order valence-electron chi connectivity index (χ0n) is 14.5. The van der Waals surface area contributed by atoms with E-state index >= 15 is 0 Å². The van der Waals surface area contributed by atoms with Crippen LogP contribution in [0.2, 0.25) is 0 Å². The third kappa shape index (κ3) is 4.27. The molecular formula is C17H26N2O4S. The molecule has 1 aliphatic rings. The zero-order valence-corrected chi connectivity index (χ0v) is 15.3. The number of piperidine rings is 1. The molecular weight excluding hydrogens is 328 g/mol. The molecule has 1 fully saturated rings. The van der Waals surface area contributed by atoms with Crippen molar-refractivity contribution in [1.29, 1.82) is 0 Å². The van der Waals surface area contributed by atoms with Gasteiger partial charge < -0.3 is 15.4 Å². The van der Waals surface area contributed by atoms with Crippen molar-refractivity contribution in [3.63, 3.8) is 0 Å². The number of sulfone groups is 1. The van der Waals surface area contributed by atoms with Gasteiger partial charge in [-0.15, -0.1) is 0 Å². The Kier molecular flexibility index (Phi) is 5.87. The van der Waals surface area contributed by atoms with Crippen molar-refractivity contribution in [2.45, 2.75) is 37.5 Å². The van der Waals surface area contributed by atoms with Crippen molar-refractivity contribution >= 4 is 15.7 Å². The minimum Gasteiger partial charge on any atom is -0.489 e. The largest absolute Gasteiger partial charge is 0.489 e. The van der Waals surface area contributed by atoms with E-state index < -0.39 is 20.5 Å². The molecule has 1 unspecified atom stereocenters. The van der Waals surface area contributed by atoms with Gasteiger partial charge in [0.15, 0.2) is 14.6 Å². The summed E-state index contributed by atoms with van der Waals surface area (Å²) in [6, 6.07) is 7.65. The van der Waals surface area contributed by atoms with E-state index in [-0.39, 0.29) is 12.6 Å². The molecule has 7 heteroatoms. The van der Waals surface area contributed by atoms with Crippen molar-refractivity contribution < 1.29 is 17.9 Å². The van der Waals surface area contributed by atoms with Crippen LogP contribution in [0.4, 0.5) is 0 Å². The van der Waals surface area contributed by atoms with Crippen LogP contribution in [0.5, 0.6) is 5.75 Å². The minimum atomic E-state index is -3.49. The van der Waals surface area contributed by atoms with Crippen LogP contribution in [-0.4, -0.2) is 51.1 Å². The molecule has 0 saturated carbocycles. The molecule has 0 radical (unpaired) electrons. The molecule has 134 valence electrons. The predicted molar refractivity (Wildman–Crippen MR) is 94.0 cm³/mol. The number of hydrogen-bond donors (Lipinski definition) is 2. The van der Waals surface area contributed by atoms with E-state index in [1.54, 1.807) is 0 Å². The van der Waals surface area contributed by atoms with Gasteiger partial charge in [-0.1, -0.05) is 17.7 Å². The maximum Gasteiger partial charge on any atom is 0.241 e. The number of carbonyl (C=O) groups is 1. The van der Waals surface area contributed by atoms with Crippen molar-refractivity contribution in [2.75, 3.05) is 25.9 Å². The SMILES string of the molecule is Cc1ccc(OC(C)CNC(=O)C2(S(C)(=O)=O)CCNCC2)cc1. The maximum absolute atomic E-state index is 12.6. The molecule has 1 aromatic rings. The van der Waals surface area contributed by atoms with Gasteiger partial charge in [-0.2, -0.15) is 0 Å². The molecule has 1 heterocycles. The number of hydrogen-bond acceptors (Lipinski definition) is 5. The molecule has 0 bridgehead atoms. The van der Waals surface area contributed by atoms with E-state index in [4.69, 9.17) is 4.74 Å². The number of benzene rings is 1. The number of carbonyl (C=O) groups excluding carboxylic acids is 1. The summed E-state index contributed by atoms with van der Waals surface area (Å²) in [6.45, 7) is 5.15. The van der Waals surface area contributed by atoms with Gasteiger partial charge in [0.1, 0.15) is 11.9 Å².